The van der Waals surface area contributed by atoms with E-state index in [2.05, 4.69) is 15.2 Å². The third-order valence-corrected chi connectivity index (χ3v) is 3.74. The standard InChI is InChI=1S/C15H11F3N4O/c16-7-23-14-3-8(6-19-21-14)15-20-12-4-10(17)11(18)5-13(12)22(15)9-1-2-9/h3-6,9H,1-2,7H2. The largest absolute Gasteiger partial charge is 0.445 e. The second kappa shape index (κ2) is 5.22. The molecular weight excluding hydrogens is 309 g/mol. The molecular formula is C15H11F3N4O. The maximum Gasteiger partial charge on any atom is 0.236 e. The molecule has 0 atom stereocenters. The lowest BCUT2D eigenvalue weighted by atomic mass is 10.3. The summed E-state index contributed by atoms with van der Waals surface area (Å²) in [6, 6.07) is 3.89. The predicted octanol–water partition coefficient (Wildman–Crippen LogP) is 3.41. The zero-order valence-electron chi connectivity index (χ0n) is 11.8. The van der Waals surface area contributed by atoms with E-state index >= 15 is 0 Å². The molecule has 0 N–H and O–H groups in total. The molecule has 0 saturated heterocycles. The fourth-order valence-electron chi connectivity index (χ4n) is 2.59. The Morgan fingerprint density at radius 2 is 1.96 bits per heavy atom. The molecule has 1 saturated carbocycles. The van der Waals surface area contributed by atoms with Crippen molar-refractivity contribution in [2.24, 2.45) is 0 Å². The SMILES string of the molecule is FCOc1cc(-c2nc3cc(F)c(F)cc3n2C2CC2)cnn1. The highest BCUT2D eigenvalue weighted by Gasteiger charge is 2.29. The third kappa shape index (κ3) is 2.39. The van der Waals surface area contributed by atoms with Crippen molar-refractivity contribution >= 4 is 11.0 Å². The number of halogens is 3. The van der Waals surface area contributed by atoms with E-state index < -0.39 is 18.5 Å². The van der Waals surface area contributed by atoms with Gasteiger partial charge in [-0.05, 0) is 12.8 Å². The van der Waals surface area contributed by atoms with E-state index in [1.165, 1.54) is 12.3 Å². The molecule has 118 valence electrons. The smallest absolute Gasteiger partial charge is 0.236 e. The third-order valence-electron chi connectivity index (χ3n) is 3.74. The summed E-state index contributed by atoms with van der Waals surface area (Å²) < 4.78 is 45.9. The monoisotopic (exact) mass is 320 g/mol. The Kier molecular flexibility index (Phi) is 3.17. The van der Waals surface area contributed by atoms with Crippen molar-refractivity contribution in [3.05, 3.63) is 36.0 Å². The Bertz CT molecular complexity index is 892. The second-order valence-electron chi connectivity index (χ2n) is 5.33. The summed E-state index contributed by atoms with van der Waals surface area (Å²) in [6.45, 7) is -1.02. The van der Waals surface area contributed by atoms with Crippen LogP contribution in [-0.2, 0) is 0 Å². The lowest BCUT2D eigenvalue weighted by Gasteiger charge is -2.08. The molecule has 4 rings (SSSR count). The molecule has 0 bridgehead atoms. The lowest BCUT2D eigenvalue weighted by Crippen LogP contribution is -2.00. The summed E-state index contributed by atoms with van der Waals surface area (Å²) in [4.78, 5) is 4.39. The van der Waals surface area contributed by atoms with Crippen LogP contribution in [0.5, 0.6) is 5.88 Å². The number of ether oxygens (including phenoxy) is 1. The number of hydrogen-bond acceptors (Lipinski definition) is 4. The van der Waals surface area contributed by atoms with Crippen molar-refractivity contribution < 1.29 is 17.9 Å². The van der Waals surface area contributed by atoms with Gasteiger partial charge in [0.05, 0.1) is 17.2 Å². The average molecular weight is 320 g/mol. The highest BCUT2D eigenvalue weighted by atomic mass is 19.2. The number of imidazole rings is 1. The van der Waals surface area contributed by atoms with E-state index in [0.29, 0.717) is 22.4 Å². The summed E-state index contributed by atoms with van der Waals surface area (Å²) >= 11 is 0. The van der Waals surface area contributed by atoms with Crippen molar-refractivity contribution in [3.63, 3.8) is 0 Å². The van der Waals surface area contributed by atoms with Gasteiger partial charge in [-0.1, -0.05) is 0 Å². The molecule has 0 unspecified atom stereocenters. The number of hydrogen-bond donors (Lipinski definition) is 0. The van der Waals surface area contributed by atoms with Gasteiger partial charge >= 0.3 is 0 Å². The van der Waals surface area contributed by atoms with Crippen molar-refractivity contribution in [1.29, 1.82) is 0 Å². The van der Waals surface area contributed by atoms with Crippen LogP contribution in [0.25, 0.3) is 22.4 Å². The Labute approximate surface area is 128 Å². The van der Waals surface area contributed by atoms with Crippen LogP contribution in [0.1, 0.15) is 18.9 Å². The van der Waals surface area contributed by atoms with Crippen LogP contribution in [0.15, 0.2) is 24.4 Å². The molecule has 0 amide bonds. The Hall–Kier alpha value is -2.64. The van der Waals surface area contributed by atoms with Gasteiger partial charge in [0.1, 0.15) is 5.82 Å². The second-order valence-corrected chi connectivity index (χ2v) is 5.33. The quantitative estimate of drug-likeness (QED) is 0.739. The van der Waals surface area contributed by atoms with Crippen LogP contribution in [0.2, 0.25) is 0 Å². The molecule has 0 aliphatic heterocycles. The van der Waals surface area contributed by atoms with Crippen LogP contribution in [0, 0.1) is 11.6 Å². The van der Waals surface area contributed by atoms with Crippen molar-refractivity contribution in [3.8, 4) is 17.3 Å². The van der Waals surface area contributed by atoms with E-state index in [1.54, 1.807) is 0 Å². The first-order valence-corrected chi connectivity index (χ1v) is 7.06. The van der Waals surface area contributed by atoms with Gasteiger partial charge in [-0.15, -0.1) is 5.10 Å². The van der Waals surface area contributed by atoms with Crippen LogP contribution in [-0.4, -0.2) is 26.6 Å². The fourth-order valence-corrected chi connectivity index (χ4v) is 2.59. The number of fused-ring (bicyclic) bond motifs is 1. The minimum Gasteiger partial charge on any atom is -0.445 e. The van der Waals surface area contributed by atoms with Crippen molar-refractivity contribution in [2.45, 2.75) is 18.9 Å². The summed E-state index contributed by atoms with van der Waals surface area (Å²) in [6.07, 6.45) is 3.32. The molecule has 5 nitrogen and oxygen atoms in total. The molecule has 1 aliphatic carbocycles. The van der Waals surface area contributed by atoms with E-state index in [1.807, 2.05) is 4.57 Å². The molecule has 1 aromatic carbocycles. The minimum atomic E-state index is -1.02. The van der Waals surface area contributed by atoms with Gasteiger partial charge in [-0.3, -0.25) is 0 Å². The molecule has 0 radical (unpaired) electrons. The first kappa shape index (κ1) is 14.0. The van der Waals surface area contributed by atoms with Gasteiger partial charge in [0.2, 0.25) is 12.7 Å². The first-order valence-electron chi connectivity index (χ1n) is 7.06. The van der Waals surface area contributed by atoms with Crippen molar-refractivity contribution in [2.75, 3.05) is 6.86 Å². The normalized spacial score (nSPS) is 14.4. The summed E-state index contributed by atoms with van der Waals surface area (Å²) in [5.74, 6) is -1.33. The molecule has 2 heterocycles. The summed E-state index contributed by atoms with van der Waals surface area (Å²) in [7, 11) is 0. The number of nitrogens with zero attached hydrogens (tertiary/aromatic N) is 4. The van der Waals surface area contributed by atoms with Crippen LogP contribution in [0.3, 0.4) is 0 Å². The molecule has 8 heteroatoms. The van der Waals surface area contributed by atoms with Gasteiger partial charge in [-0.2, -0.15) is 5.10 Å². The van der Waals surface area contributed by atoms with Gasteiger partial charge in [0, 0.05) is 29.8 Å². The van der Waals surface area contributed by atoms with Gasteiger partial charge in [0.15, 0.2) is 11.6 Å². The maximum atomic E-state index is 13.6. The fraction of sp³-hybridized carbons (Fsp3) is 0.267. The predicted molar refractivity (Wildman–Crippen MR) is 75.5 cm³/mol. The topological polar surface area (TPSA) is 52.8 Å². The van der Waals surface area contributed by atoms with Gasteiger partial charge in [0.25, 0.3) is 0 Å². The van der Waals surface area contributed by atoms with E-state index in [9.17, 15) is 13.2 Å². The van der Waals surface area contributed by atoms with E-state index in [4.69, 9.17) is 4.74 Å². The molecule has 0 spiro atoms. The summed E-state index contributed by atoms with van der Waals surface area (Å²) in [5, 5.41) is 7.42. The number of benzene rings is 1. The Morgan fingerprint density at radius 3 is 2.70 bits per heavy atom. The van der Waals surface area contributed by atoms with Crippen LogP contribution >= 0.6 is 0 Å². The van der Waals surface area contributed by atoms with E-state index in [-0.39, 0.29) is 11.9 Å². The molecule has 3 aromatic rings. The van der Waals surface area contributed by atoms with E-state index in [0.717, 1.165) is 25.0 Å². The summed E-state index contributed by atoms with van der Waals surface area (Å²) in [5.41, 5.74) is 1.43. The van der Waals surface area contributed by atoms with Crippen LogP contribution in [0.4, 0.5) is 13.2 Å². The Balaban J connectivity index is 1.92. The Morgan fingerprint density at radius 1 is 1.17 bits per heavy atom. The zero-order chi connectivity index (χ0) is 16.0. The number of alkyl halides is 1. The van der Waals surface area contributed by atoms with Gasteiger partial charge < -0.3 is 9.30 Å². The molecule has 2 aromatic heterocycles. The molecule has 1 fully saturated rings. The molecule has 23 heavy (non-hydrogen) atoms. The average Bonchev–Trinajstić information content (AvgIpc) is 3.31. The first-order chi connectivity index (χ1) is 11.2. The lowest BCUT2D eigenvalue weighted by molar-refractivity contribution is 0.183. The highest BCUT2D eigenvalue weighted by Crippen LogP contribution is 2.41. The van der Waals surface area contributed by atoms with Crippen molar-refractivity contribution in [1.82, 2.24) is 19.7 Å². The highest BCUT2D eigenvalue weighted by molar-refractivity contribution is 5.81. The maximum absolute atomic E-state index is 13.6. The minimum absolute atomic E-state index is 0.0248. The molecule has 1 aliphatic rings. The van der Waals surface area contributed by atoms with Crippen LogP contribution < -0.4 is 4.74 Å². The number of aromatic nitrogens is 4. The number of rotatable bonds is 4. The van der Waals surface area contributed by atoms with Gasteiger partial charge in [-0.25, -0.2) is 18.2 Å². The zero-order valence-corrected chi connectivity index (χ0v) is 11.8.